The summed E-state index contributed by atoms with van der Waals surface area (Å²) in [6.07, 6.45) is 0. The van der Waals surface area contributed by atoms with Crippen LogP contribution < -0.4 is 9.60 Å². The van der Waals surface area contributed by atoms with Gasteiger partial charge in [0.1, 0.15) is 0 Å². The minimum absolute atomic E-state index is 0.221. The molecule has 6 rings (SSSR count). The van der Waals surface area contributed by atoms with Gasteiger partial charge in [-0.15, -0.1) is 10.2 Å². The monoisotopic (exact) mass is 740 g/mol. The number of aryl methyl sites for hydroxylation is 2. The van der Waals surface area contributed by atoms with Crippen LogP contribution in [0.3, 0.4) is 0 Å². The fourth-order valence-corrected chi connectivity index (χ4v) is 8.36. The zero-order valence-corrected chi connectivity index (χ0v) is 30.9. The number of esters is 2. The molecule has 0 amide bonds. The van der Waals surface area contributed by atoms with E-state index in [-0.39, 0.29) is 23.2 Å². The van der Waals surface area contributed by atoms with Gasteiger partial charge in [-0.1, -0.05) is 104 Å². The smallest absolute Gasteiger partial charge is 0.369 e. The number of carbonyl (C=O) groups excluding carboxylic acids is 2. The Labute approximate surface area is 304 Å². The third-order valence-electron chi connectivity index (χ3n) is 6.96. The van der Waals surface area contributed by atoms with E-state index in [4.69, 9.17) is 19.5 Å². The highest BCUT2D eigenvalue weighted by Crippen LogP contribution is 2.44. The van der Waals surface area contributed by atoms with Crippen molar-refractivity contribution in [2.45, 2.75) is 37.5 Å². The molecule has 0 saturated heterocycles. The number of benzene rings is 4. The molecule has 0 saturated carbocycles. The van der Waals surface area contributed by atoms with Crippen LogP contribution in [-0.2, 0) is 9.47 Å². The molecule has 0 bridgehead atoms. The third-order valence-corrected chi connectivity index (χ3v) is 11.2. The van der Waals surface area contributed by atoms with Gasteiger partial charge in [-0.05, 0) is 76.2 Å². The van der Waals surface area contributed by atoms with E-state index in [1.165, 1.54) is 22.7 Å². The molecule has 0 spiro atoms. The molecule has 14 heteroatoms. The molecule has 10 nitrogen and oxygen atoms in total. The molecular weight excluding hydrogens is 709 g/mol. The summed E-state index contributed by atoms with van der Waals surface area (Å²) in [4.78, 5) is 38.2. The van der Waals surface area contributed by atoms with Gasteiger partial charge in [-0.3, -0.25) is 0 Å². The largest absolute Gasteiger partial charge is 0.461 e. The fourth-order valence-electron chi connectivity index (χ4n) is 4.50. The average molecular weight is 741 g/mol. The molecule has 0 aliphatic heterocycles. The van der Waals surface area contributed by atoms with Crippen molar-refractivity contribution in [1.82, 2.24) is 19.6 Å². The van der Waals surface area contributed by atoms with E-state index in [1.54, 1.807) is 44.8 Å². The highest BCUT2D eigenvalue weighted by Gasteiger charge is 2.18. The van der Waals surface area contributed by atoms with Crippen LogP contribution in [0.2, 0.25) is 0 Å². The normalized spacial score (nSPS) is 11.9. The van der Waals surface area contributed by atoms with Crippen molar-refractivity contribution in [3.8, 4) is 11.4 Å². The summed E-state index contributed by atoms with van der Waals surface area (Å²) in [6, 6.07) is 31.4. The van der Waals surface area contributed by atoms with Crippen LogP contribution in [0.5, 0.6) is 0 Å². The standard InChI is InChI=1S/C36H32N6O4S4/c1-5-45-33(43)31-39-41(25-19-15-23(3)16-20-25)35(47-31)37-27-11-7-9-13-29(27)49-50-30-14-10-8-12-28(30)38-36-42(26-21-17-24(4)18-22-26)40-32(48-36)34(44)46-6-2/h7-22H,5-6H2,1-4H3. The lowest BCUT2D eigenvalue weighted by Crippen LogP contribution is -2.14. The minimum Gasteiger partial charge on any atom is -0.461 e. The number of rotatable bonds is 11. The molecule has 2 aromatic heterocycles. The number of hydrogen-bond donors (Lipinski definition) is 0. The second-order valence-corrected chi connectivity index (χ2v) is 14.8. The lowest BCUT2D eigenvalue weighted by molar-refractivity contribution is 0.0515. The van der Waals surface area contributed by atoms with Crippen LogP contribution >= 0.6 is 44.3 Å². The molecule has 50 heavy (non-hydrogen) atoms. The maximum Gasteiger partial charge on any atom is 0.369 e. The molecule has 0 fully saturated rings. The first-order valence-corrected chi connectivity index (χ1v) is 19.4. The Balaban J connectivity index is 1.35. The molecule has 0 aliphatic carbocycles. The van der Waals surface area contributed by atoms with Gasteiger partial charge in [0.15, 0.2) is 0 Å². The van der Waals surface area contributed by atoms with Crippen molar-refractivity contribution in [3.63, 3.8) is 0 Å². The topological polar surface area (TPSA) is 113 Å². The summed E-state index contributed by atoms with van der Waals surface area (Å²) in [7, 11) is 3.08. The summed E-state index contributed by atoms with van der Waals surface area (Å²) in [5, 5.41) is 9.57. The zero-order valence-electron chi connectivity index (χ0n) is 27.6. The number of aromatic nitrogens is 4. The number of hydrogen-bond acceptors (Lipinski definition) is 12. The summed E-state index contributed by atoms with van der Waals surface area (Å²) in [5.41, 5.74) is 5.23. The SMILES string of the molecule is CCOC(=O)c1nn(-c2ccc(C)cc2)c(=Nc2ccccc2SSc2ccccc2N=c2sc(C(=O)OCC)nn2-c2ccc(C)cc2)s1. The second kappa shape index (κ2) is 16.3. The molecule has 4 aromatic carbocycles. The Hall–Kier alpha value is -4.76. The predicted molar refractivity (Wildman–Crippen MR) is 199 cm³/mol. The first-order valence-electron chi connectivity index (χ1n) is 15.6. The Morgan fingerprint density at radius 2 is 1.00 bits per heavy atom. The second-order valence-electron chi connectivity index (χ2n) is 10.6. The Kier molecular flexibility index (Phi) is 11.4. The van der Waals surface area contributed by atoms with Gasteiger partial charge >= 0.3 is 11.9 Å². The first kappa shape index (κ1) is 35.1. The van der Waals surface area contributed by atoms with Gasteiger partial charge in [0.25, 0.3) is 0 Å². The van der Waals surface area contributed by atoms with E-state index in [9.17, 15) is 9.59 Å². The molecule has 0 atom stereocenters. The quantitative estimate of drug-likeness (QED) is 0.0962. The van der Waals surface area contributed by atoms with Gasteiger partial charge in [-0.2, -0.15) is 0 Å². The van der Waals surface area contributed by atoms with Crippen molar-refractivity contribution < 1.29 is 19.1 Å². The fraction of sp³-hybridized carbons (Fsp3) is 0.167. The van der Waals surface area contributed by atoms with E-state index in [0.29, 0.717) is 9.60 Å². The lowest BCUT2D eigenvalue weighted by Gasteiger charge is -2.07. The molecule has 0 unspecified atom stereocenters. The van der Waals surface area contributed by atoms with Gasteiger partial charge in [-0.25, -0.2) is 28.9 Å². The summed E-state index contributed by atoms with van der Waals surface area (Å²) in [5.74, 6) is -0.977. The van der Waals surface area contributed by atoms with E-state index >= 15 is 0 Å². The molecule has 0 N–H and O–H groups in total. The Bertz CT molecular complexity index is 2110. The molecule has 0 radical (unpaired) electrons. The van der Waals surface area contributed by atoms with E-state index in [0.717, 1.165) is 43.7 Å². The highest BCUT2D eigenvalue weighted by molar-refractivity contribution is 8.76. The number of para-hydroxylation sites is 2. The average Bonchev–Trinajstić information content (AvgIpc) is 3.74. The van der Waals surface area contributed by atoms with Crippen molar-refractivity contribution in [1.29, 1.82) is 0 Å². The van der Waals surface area contributed by atoms with E-state index < -0.39 is 11.9 Å². The van der Waals surface area contributed by atoms with Crippen LogP contribution in [0.4, 0.5) is 11.4 Å². The van der Waals surface area contributed by atoms with Gasteiger partial charge in [0, 0.05) is 9.79 Å². The highest BCUT2D eigenvalue weighted by atomic mass is 33.1. The molecular formula is C36H32N6O4S4. The van der Waals surface area contributed by atoms with Crippen molar-refractivity contribution in [2.75, 3.05) is 13.2 Å². The zero-order chi connectivity index (χ0) is 35.0. The molecule has 2 heterocycles. The molecule has 254 valence electrons. The number of nitrogens with zero attached hydrogens (tertiary/aromatic N) is 6. The van der Waals surface area contributed by atoms with E-state index in [2.05, 4.69) is 10.2 Å². The van der Waals surface area contributed by atoms with Crippen LogP contribution in [0.25, 0.3) is 11.4 Å². The van der Waals surface area contributed by atoms with Crippen molar-refractivity contribution >= 4 is 67.6 Å². The third kappa shape index (κ3) is 8.33. The number of carbonyl (C=O) groups is 2. The van der Waals surface area contributed by atoms with Crippen molar-refractivity contribution in [2.24, 2.45) is 9.98 Å². The van der Waals surface area contributed by atoms with Crippen LogP contribution in [0.1, 0.15) is 44.6 Å². The van der Waals surface area contributed by atoms with Crippen LogP contribution in [0, 0.1) is 13.8 Å². The van der Waals surface area contributed by atoms with E-state index in [1.807, 2.05) is 111 Å². The van der Waals surface area contributed by atoms with Gasteiger partial charge in [0.2, 0.25) is 19.6 Å². The van der Waals surface area contributed by atoms with Crippen LogP contribution in [0.15, 0.2) is 117 Å². The minimum atomic E-state index is -0.489. The van der Waals surface area contributed by atoms with Gasteiger partial charge in [0.05, 0.1) is 36.0 Å². The summed E-state index contributed by atoms with van der Waals surface area (Å²) in [6.45, 7) is 8.06. The lowest BCUT2D eigenvalue weighted by atomic mass is 10.2. The first-order chi connectivity index (χ1) is 24.3. The maximum absolute atomic E-state index is 12.6. The van der Waals surface area contributed by atoms with Crippen molar-refractivity contribution in [3.05, 3.63) is 128 Å². The molecule has 6 aromatic rings. The summed E-state index contributed by atoms with van der Waals surface area (Å²) < 4.78 is 13.8. The summed E-state index contributed by atoms with van der Waals surface area (Å²) >= 11 is 2.35. The van der Waals surface area contributed by atoms with Gasteiger partial charge < -0.3 is 9.47 Å². The predicted octanol–water partition coefficient (Wildman–Crippen LogP) is 8.42. The molecule has 0 aliphatic rings. The number of ether oxygens (including phenoxy) is 2. The Morgan fingerprint density at radius 3 is 1.38 bits per heavy atom. The Morgan fingerprint density at radius 1 is 0.620 bits per heavy atom. The van der Waals surface area contributed by atoms with Crippen LogP contribution in [-0.4, -0.2) is 44.7 Å². The maximum atomic E-state index is 12.6.